The van der Waals surface area contributed by atoms with Gasteiger partial charge in [-0.05, 0) is 35.6 Å². The monoisotopic (exact) mass is 265 g/mol. The largest absolute Gasteiger partial charge is 0.294 e. The Morgan fingerprint density at radius 1 is 1.73 bits per heavy atom. The molecule has 58 valence electrons. The van der Waals surface area contributed by atoms with Crippen molar-refractivity contribution in [3.05, 3.63) is 27.3 Å². The average molecular weight is 265 g/mol. The van der Waals surface area contributed by atoms with Gasteiger partial charge < -0.3 is 0 Å². The van der Waals surface area contributed by atoms with Crippen LogP contribution in [0.4, 0.5) is 4.39 Å². The topological polar surface area (TPSA) is 30.0 Å². The van der Waals surface area contributed by atoms with E-state index in [2.05, 4.69) is 4.98 Å². The van der Waals surface area contributed by atoms with Crippen LogP contribution in [0, 0.1) is 9.52 Å². The number of halogens is 2. The first-order chi connectivity index (χ1) is 5.11. The number of ketones is 1. The van der Waals surface area contributed by atoms with Crippen LogP contribution in [0.1, 0.15) is 17.3 Å². The number of carbonyl (C=O) groups is 1. The van der Waals surface area contributed by atoms with E-state index in [-0.39, 0.29) is 11.3 Å². The SMILES string of the molecule is CC(=O)c1cc(I)cnc1F. The molecule has 1 aromatic rings. The van der Waals surface area contributed by atoms with Gasteiger partial charge in [0.25, 0.3) is 0 Å². The van der Waals surface area contributed by atoms with Crippen molar-refractivity contribution >= 4 is 28.4 Å². The van der Waals surface area contributed by atoms with Crippen molar-refractivity contribution in [2.24, 2.45) is 0 Å². The lowest BCUT2D eigenvalue weighted by atomic mass is 10.2. The number of Topliss-reactive ketones (excluding diaryl/α,β-unsaturated/α-hetero) is 1. The van der Waals surface area contributed by atoms with E-state index in [1.165, 1.54) is 19.2 Å². The minimum absolute atomic E-state index is 0.0527. The highest BCUT2D eigenvalue weighted by atomic mass is 127. The van der Waals surface area contributed by atoms with Crippen molar-refractivity contribution in [3.8, 4) is 0 Å². The lowest BCUT2D eigenvalue weighted by molar-refractivity contribution is 0.101. The number of rotatable bonds is 1. The third-order valence-corrected chi connectivity index (χ3v) is 1.77. The summed E-state index contributed by atoms with van der Waals surface area (Å²) in [6.07, 6.45) is 1.38. The van der Waals surface area contributed by atoms with Crippen molar-refractivity contribution in [1.82, 2.24) is 4.98 Å². The Balaban J connectivity index is 3.23. The molecule has 0 saturated carbocycles. The van der Waals surface area contributed by atoms with E-state index in [0.29, 0.717) is 0 Å². The zero-order valence-electron chi connectivity index (χ0n) is 5.77. The van der Waals surface area contributed by atoms with Crippen molar-refractivity contribution in [2.75, 3.05) is 0 Å². The van der Waals surface area contributed by atoms with Crippen LogP contribution >= 0.6 is 22.6 Å². The molecular formula is C7H5FINO. The fourth-order valence-corrected chi connectivity index (χ4v) is 1.12. The van der Waals surface area contributed by atoms with Gasteiger partial charge in [-0.15, -0.1) is 0 Å². The van der Waals surface area contributed by atoms with Crippen LogP contribution in [-0.4, -0.2) is 10.8 Å². The number of pyridine rings is 1. The van der Waals surface area contributed by atoms with E-state index in [0.717, 1.165) is 3.57 Å². The highest BCUT2D eigenvalue weighted by Gasteiger charge is 2.07. The minimum atomic E-state index is -0.696. The standard InChI is InChI=1S/C7H5FINO/c1-4(11)6-2-5(9)3-10-7(6)8/h2-3H,1H3. The zero-order chi connectivity index (χ0) is 8.43. The molecule has 0 spiro atoms. The summed E-state index contributed by atoms with van der Waals surface area (Å²) in [7, 11) is 0. The highest BCUT2D eigenvalue weighted by Crippen LogP contribution is 2.09. The summed E-state index contributed by atoms with van der Waals surface area (Å²) in [5.74, 6) is -0.994. The van der Waals surface area contributed by atoms with Gasteiger partial charge in [0.2, 0.25) is 5.95 Å². The van der Waals surface area contributed by atoms with Gasteiger partial charge in [-0.25, -0.2) is 4.98 Å². The van der Waals surface area contributed by atoms with Crippen LogP contribution in [0.15, 0.2) is 12.3 Å². The molecule has 0 bridgehead atoms. The molecule has 0 aliphatic heterocycles. The molecule has 0 unspecified atom stereocenters. The van der Waals surface area contributed by atoms with Crippen LogP contribution < -0.4 is 0 Å². The van der Waals surface area contributed by atoms with Crippen LogP contribution in [0.2, 0.25) is 0 Å². The molecule has 2 nitrogen and oxygen atoms in total. The van der Waals surface area contributed by atoms with E-state index in [1.807, 2.05) is 22.6 Å². The Kier molecular flexibility index (Phi) is 2.53. The van der Waals surface area contributed by atoms with E-state index in [9.17, 15) is 9.18 Å². The molecule has 0 N–H and O–H groups in total. The van der Waals surface area contributed by atoms with Crippen LogP contribution in [0.25, 0.3) is 0 Å². The number of nitrogens with zero attached hydrogens (tertiary/aromatic N) is 1. The fraction of sp³-hybridized carbons (Fsp3) is 0.143. The Labute approximate surface area is 77.0 Å². The second-order valence-electron chi connectivity index (χ2n) is 2.05. The molecule has 1 rings (SSSR count). The van der Waals surface area contributed by atoms with Crippen molar-refractivity contribution in [1.29, 1.82) is 0 Å². The lowest BCUT2D eigenvalue weighted by Gasteiger charge is -1.96. The quantitative estimate of drug-likeness (QED) is 0.441. The first-order valence-electron chi connectivity index (χ1n) is 2.93. The molecule has 0 atom stereocenters. The third-order valence-electron chi connectivity index (χ3n) is 1.18. The number of hydrogen-bond donors (Lipinski definition) is 0. The van der Waals surface area contributed by atoms with Crippen molar-refractivity contribution in [3.63, 3.8) is 0 Å². The average Bonchev–Trinajstić information content (AvgIpc) is 1.94. The first kappa shape index (κ1) is 8.58. The van der Waals surface area contributed by atoms with E-state index >= 15 is 0 Å². The Morgan fingerprint density at radius 2 is 2.36 bits per heavy atom. The maximum absolute atomic E-state index is 12.7. The summed E-state index contributed by atoms with van der Waals surface area (Å²) in [4.78, 5) is 14.1. The van der Waals surface area contributed by atoms with Crippen LogP contribution in [0.3, 0.4) is 0 Å². The van der Waals surface area contributed by atoms with Gasteiger partial charge in [-0.2, -0.15) is 4.39 Å². The number of carbonyl (C=O) groups excluding carboxylic acids is 1. The number of aromatic nitrogens is 1. The van der Waals surface area contributed by atoms with Crippen LogP contribution in [-0.2, 0) is 0 Å². The predicted molar refractivity (Wildman–Crippen MR) is 46.9 cm³/mol. The van der Waals surface area contributed by atoms with Gasteiger partial charge >= 0.3 is 0 Å². The van der Waals surface area contributed by atoms with Crippen LogP contribution in [0.5, 0.6) is 0 Å². The highest BCUT2D eigenvalue weighted by molar-refractivity contribution is 14.1. The van der Waals surface area contributed by atoms with Gasteiger partial charge in [0.1, 0.15) is 0 Å². The molecule has 0 radical (unpaired) electrons. The summed E-state index contributed by atoms with van der Waals surface area (Å²) < 4.78 is 13.4. The van der Waals surface area contributed by atoms with E-state index in [1.54, 1.807) is 0 Å². The summed E-state index contributed by atoms with van der Waals surface area (Å²) >= 11 is 1.97. The molecular weight excluding hydrogens is 260 g/mol. The van der Waals surface area contributed by atoms with Gasteiger partial charge in [0.05, 0.1) is 5.56 Å². The van der Waals surface area contributed by atoms with Gasteiger partial charge in [0.15, 0.2) is 5.78 Å². The molecule has 0 aromatic carbocycles. The third kappa shape index (κ3) is 1.95. The maximum atomic E-state index is 12.7. The first-order valence-corrected chi connectivity index (χ1v) is 4.01. The summed E-state index contributed by atoms with van der Waals surface area (Å²) in [5, 5.41) is 0. The van der Waals surface area contributed by atoms with Gasteiger partial charge in [-0.1, -0.05) is 0 Å². The van der Waals surface area contributed by atoms with E-state index in [4.69, 9.17) is 0 Å². The summed E-state index contributed by atoms with van der Waals surface area (Å²) in [5.41, 5.74) is 0.0527. The Bertz CT molecular complexity index is 300. The molecule has 0 aliphatic rings. The van der Waals surface area contributed by atoms with Crippen molar-refractivity contribution in [2.45, 2.75) is 6.92 Å². The molecule has 0 saturated heterocycles. The number of hydrogen-bond acceptors (Lipinski definition) is 2. The maximum Gasteiger partial charge on any atom is 0.223 e. The van der Waals surface area contributed by atoms with Crippen molar-refractivity contribution < 1.29 is 9.18 Å². The summed E-state index contributed by atoms with van der Waals surface area (Å²) in [6.45, 7) is 1.32. The second-order valence-corrected chi connectivity index (χ2v) is 3.29. The molecule has 1 heterocycles. The Hall–Kier alpha value is -0.520. The smallest absolute Gasteiger partial charge is 0.223 e. The van der Waals surface area contributed by atoms with E-state index < -0.39 is 5.95 Å². The normalized spacial score (nSPS) is 9.73. The van der Waals surface area contributed by atoms with Gasteiger partial charge in [0, 0.05) is 9.77 Å². The predicted octanol–water partition coefficient (Wildman–Crippen LogP) is 2.03. The molecule has 4 heteroatoms. The summed E-state index contributed by atoms with van der Waals surface area (Å²) in [6, 6.07) is 1.48. The molecule has 0 fully saturated rings. The Morgan fingerprint density at radius 3 is 2.82 bits per heavy atom. The zero-order valence-corrected chi connectivity index (χ0v) is 7.92. The molecule has 0 aliphatic carbocycles. The molecule has 0 amide bonds. The fourth-order valence-electron chi connectivity index (χ4n) is 0.669. The molecule has 11 heavy (non-hydrogen) atoms. The molecule has 1 aromatic heterocycles. The van der Waals surface area contributed by atoms with Gasteiger partial charge in [-0.3, -0.25) is 4.79 Å². The second kappa shape index (κ2) is 3.25. The lowest BCUT2D eigenvalue weighted by Crippen LogP contribution is -1.99. The minimum Gasteiger partial charge on any atom is -0.294 e.